The fourth-order valence-electron chi connectivity index (χ4n) is 1.67. The van der Waals surface area contributed by atoms with E-state index in [9.17, 15) is 9.59 Å². The number of halogens is 1. The summed E-state index contributed by atoms with van der Waals surface area (Å²) in [6.45, 7) is 0. The highest BCUT2D eigenvalue weighted by Crippen LogP contribution is 2.27. The molecular weight excluding hydrogens is 356 g/mol. The number of hydrogen-bond donors (Lipinski definition) is 2. The number of hydrogen-bond acceptors (Lipinski definition) is 3. The molecule has 108 valence electrons. The lowest BCUT2D eigenvalue weighted by Crippen LogP contribution is -1.97. The van der Waals surface area contributed by atoms with E-state index in [-0.39, 0.29) is 11.1 Å². The van der Waals surface area contributed by atoms with Crippen LogP contribution in [0.5, 0.6) is 0 Å². The Labute approximate surface area is 133 Å². The largest absolute Gasteiger partial charge is 0.478 e. The van der Waals surface area contributed by atoms with Crippen LogP contribution < -0.4 is 0 Å². The first-order valence-electron chi connectivity index (χ1n) is 5.95. The van der Waals surface area contributed by atoms with Crippen LogP contribution in [-0.4, -0.2) is 22.2 Å². The van der Waals surface area contributed by atoms with Crippen molar-refractivity contribution in [1.82, 2.24) is 0 Å². The van der Waals surface area contributed by atoms with E-state index in [0.717, 1.165) is 10.5 Å². The van der Waals surface area contributed by atoms with Gasteiger partial charge in [0.1, 0.15) is 0 Å². The fourth-order valence-corrected chi connectivity index (χ4v) is 2.98. The minimum Gasteiger partial charge on any atom is -0.478 e. The molecule has 2 aromatic carbocycles. The van der Waals surface area contributed by atoms with Gasteiger partial charge in [-0.1, -0.05) is 12.1 Å². The summed E-state index contributed by atoms with van der Waals surface area (Å²) in [5.74, 6) is -1.29. The van der Waals surface area contributed by atoms with Gasteiger partial charge in [0, 0.05) is 15.1 Å². The highest BCUT2D eigenvalue weighted by Gasteiger charge is 2.09. The minimum absolute atomic E-state index is 0.223. The number of carbonyl (C=O) groups is 2. The molecular formula is C15H11BrO4S. The molecule has 0 spiro atoms. The molecule has 0 saturated carbocycles. The van der Waals surface area contributed by atoms with E-state index in [1.165, 1.54) is 11.8 Å². The molecule has 0 radical (unpaired) electrons. The van der Waals surface area contributed by atoms with Gasteiger partial charge >= 0.3 is 11.9 Å². The fraction of sp³-hybridized carbons (Fsp3) is 0.0667. The van der Waals surface area contributed by atoms with Crippen LogP contribution in [0.15, 0.2) is 51.8 Å². The second-order valence-corrected chi connectivity index (χ2v) is 6.14. The Kier molecular flexibility index (Phi) is 5.03. The van der Waals surface area contributed by atoms with Gasteiger partial charge in [-0.15, -0.1) is 11.8 Å². The van der Waals surface area contributed by atoms with Crippen molar-refractivity contribution in [2.24, 2.45) is 0 Å². The van der Waals surface area contributed by atoms with Crippen molar-refractivity contribution < 1.29 is 19.8 Å². The van der Waals surface area contributed by atoms with Gasteiger partial charge in [0.2, 0.25) is 0 Å². The summed E-state index contributed by atoms with van der Waals surface area (Å²) in [7, 11) is 0. The molecule has 0 aliphatic rings. The lowest BCUT2D eigenvalue weighted by atomic mass is 10.1. The van der Waals surface area contributed by atoms with E-state index in [0.29, 0.717) is 10.2 Å². The van der Waals surface area contributed by atoms with Gasteiger partial charge in [0.25, 0.3) is 0 Å². The predicted molar refractivity (Wildman–Crippen MR) is 84.1 cm³/mol. The molecule has 0 aliphatic carbocycles. The number of rotatable bonds is 5. The Morgan fingerprint density at radius 1 is 1.00 bits per heavy atom. The highest BCUT2D eigenvalue weighted by molar-refractivity contribution is 9.10. The summed E-state index contributed by atoms with van der Waals surface area (Å²) in [5.41, 5.74) is 1.45. The zero-order chi connectivity index (χ0) is 15.4. The average Bonchev–Trinajstić information content (AvgIpc) is 2.46. The van der Waals surface area contributed by atoms with Gasteiger partial charge in [-0.3, -0.25) is 0 Å². The van der Waals surface area contributed by atoms with Crippen molar-refractivity contribution in [2.75, 3.05) is 0 Å². The molecule has 0 heterocycles. The van der Waals surface area contributed by atoms with E-state index in [1.54, 1.807) is 36.4 Å². The van der Waals surface area contributed by atoms with Gasteiger partial charge in [-0.2, -0.15) is 0 Å². The first kappa shape index (κ1) is 15.6. The second kappa shape index (κ2) is 6.78. The molecule has 4 nitrogen and oxygen atoms in total. The van der Waals surface area contributed by atoms with Gasteiger partial charge in [-0.25, -0.2) is 9.59 Å². The van der Waals surface area contributed by atoms with Crippen LogP contribution in [0.1, 0.15) is 26.3 Å². The summed E-state index contributed by atoms with van der Waals surface area (Å²) >= 11 is 4.70. The van der Waals surface area contributed by atoms with Crippen LogP contribution in [0.4, 0.5) is 0 Å². The quantitative estimate of drug-likeness (QED) is 0.777. The van der Waals surface area contributed by atoms with Crippen LogP contribution in [0, 0.1) is 0 Å². The first-order valence-corrected chi connectivity index (χ1v) is 7.73. The van der Waals surface area contributed by atoms with Crippen molar-refractivity contribution in [2.45, 2.75) is 10.6 Å². The normalized spacial score (nSPS) is 10.3. The SMILES string of the molecule is O=C(O)c1ccc(CSc2ccc(Br)c(C(=O)O)c2)cc1. The molecule has 6 heteroatoms. The third-order valence-corrected chi connectivity index (χ3v) is 4.53. The van der Waals surface area contributed by atoms with Crippen molar-refractivity contribution in [3.05, 3.63) is 63.6 Å². The van der Waals surface area contributed by atoms with E-state index in [2.05, 4.69) is 15.9 Å². The Morgan fingerprint density at radius 3 is 2.24 bits per heavy atom. The topological polar surface area (TPSA) is 74.6 Å². The third kappa shape index (κ3) is 4.09. The maximum Gasteiger partial charge on any atom is 0.336 e. The summed E-state index contributed by atoms with van der Waals surface area (Å²) in [5, 5.41) is 17.9. The van der Waals surface area contributed by atoms with Gasteiger partial charge in [0.15, 0.2) is 0 Å². The monoisotopic (exact) mass is 366 g/mol. The number of carboxylic acid groups (broad SMARTS) is 2. The summed E-state index contributed by atoms with van der Waals surface area (Å²) < 4.78 is 0.546. The van der Waals surface area contributed by atoms with Crippen LogP contribution in [0.3, 0.4) is 0 Å². The zero-order valence-electron chi connectivity index (χ0n) is 10.7. The van der Waals surface area contributed by atoms with E-state index in [4.69, 9.17) is 10.2 Å². The van der Waals surface area contributed by atoms with Crippen LogP contribution >= 0.6 is 27.7 Å². The zero-order valence-corrected chi connectivity index (χ0v) is 13.1. The van der Waals surface area contributed by atoms with Crippen molar-refractivity contribution in [1.29, 1.82) is 0 Å². The molecule has 2 aromatic rings. The Hall–Kier alpha value is -1.79. The molecule has 2 rings (SSSR count). The molecule has 0 fully saturated rings. The van der Waals surface area contributed by atoms with Crippen molar-refractivity contribution in [3.8, 4) is 0 Å². The molecule has 0 atom stereocenters. The predicted octanol–water partition coefficient (Wildman–Crippen LogP) is 4.14. The minimum atomic E-state index is -0.977. The maximum atomic E-state index is 11.1. The van der Waals surface area contributed by atoms with Gasteiger partial charge in [-0.05, 0) is 51.8 Å². The van der Waals surface area contributed by atoms with Crippen LogP contribution in [0.2, 0.25) is 0 Å². The van der Waals surface area contributed by atoms with E-state index >= 15 is 0 Å². The number of carboxylic acids is 2. The lowest BCUT2D eigenvalue weighted by Gasteiger charge is -2.05. The first-order chi connectivity index (χ1) is 9.97. The standard InChI is InChI=1S/C15H11BrO4S/c16-13-6-5-11(7-12(13)15(19)20)21-8-9-1-3-10(4-2-9)14(17)18/h1-7H,8H2,(H,17,18)(H,19,20). The smallest absolute Gasteiger partial charge is 0.336 e. The molecule has 0 aliphatic heterocycles. The molecule has 0 aromatic heterocycles. The summed E-state index contributed by atoms with van der Waals surface area (Å²) in [6.07, 6.45) is 0. The summed E-state index contributed by atoms with van der Waals surface area (Å²) in [6, 6.07) is 11.8. The third-order valence-electron chi connectivity index (χ3n) is 2.77. The molecule has 0 unspecified atom stereocenters. The Bertz CT molecular complexity index is 683. The second-order valence-electron chi connectivity index (χ2n) is 4.24. The van der Waals surface area contributed by atoms with Gasteiger partial charge < -0.3 is 10.2 Å². The van der Waals surface area contributed by atoms with Gasteiger partial charge in [0.05, 0.1) is 11.1 Å². The molecule has 0 amide bonds. The highest BCUT2D eigenvalue weighted by atomic mass is 79.9. The Balaban J connectivity index is 2.07. The number of benzene rings is 2. The van der Waals surface area contributed by atoms with Crippen LogP contribution in [0.25, 0.3) is 0 Å². The maximum absolute atomic E-state index is 11.1. The summed E-state index contributed by atoms with van der Waals surface area (Å²) in [4.78, 5) is 22.7. The Morgan fingerprint density at radius 2 is 1.67 bits per heavy atom. The number of aromatic carboxylic acids is 2. The van der Waals surface area contributed by atoms with E-state index in [1.807, 2.05) is 6.07 Å². The molecule has 21 heavy (non-hydrogen) atoms. The molecule has 0 bridgehead atoms. The van der Waals surface area contributed by atoms with Crippen LogP contribution in [-0.2, 0) is 5.75 Å². The number of thioether (sulfide) groups is 1. The lowest BCUT2D eigenvalue weighted by molar-refractivity contribution is 0.0685. The average molecular weight is 367 g/mol. The molecule has 2 N–H and O–H groups in total. The van der Waals surface area contributed by atoms with Crippen molar-refractivity contribution >= 4 is 39.6 Å². The van der Waals surface area contributed by atoms with Crippen molar-refractivity contribution in [3.63, 3.8) is 0 Å². The molecule has 0 saturated heterocycles. The van der Waals surface area contributed by atoms with E-state index < -0.39 is 11.9 Å².